The third-order valence-electron chi connectivity index (χ3n) is 2.78. The summed E-state index contributed by atoms with van der Waals surface area (Å²) in [5.74, 6) is 0.714. The average Bonchev–Trinajstić information content (AvgIpc) is 2.75. The van der Waals surface area contributed by atoms with Crippen molar-refractivity contribution in [2.75, 3.05) is 0 Å². The van der Waals surface area contributed by atoms with Crippen LogP contribution in [0.15, 0.2) is 47.3 Å². The zero-order chi connectivity index (χ0) is 11.8. The molecule has 0 spiro atoms. The van der Waals surface area contributed by atoms with E-state index >= 15 is 0 Å². The van der Waals surface area contributed by atoms with Gasteiger partial charge in [-0.3, -0.25) is 9.89 Å². The maximum absolute atomic E-state index is 11.6. The Balaban J connectivity index is 2.30. The third kappa shape index (κ3) is 1.54. The number of pyridine rings is 1. The van der Waals surface area contributed by atoms with Gasteiger partial charge in [0.2, 0.25) is 0 Å². The minimum absolute atomic E-state index is 0.102. The van der Waals surface area contributed by atoms with Gasteiger partial charge in [-0.2, -0.15) is 4.52 Å². The number of aryl methyl sites for hydroxylation is 1. The lowest BCUT2D eigenvalue weighted by Crippen LogP contribution is -2.11. The highest BCUT2D eigenvalue weighted by Crippen LogP contribution is 2.19. The topological polar surface area (TPSA) is 50.2 Å². The molecule has 3 aromatic rings. The van der Waals surface area contributed by atoms with Crippen LogP contribution in [0, 0.1) is 6.92 Å². The van der Waals surface area contributed by atoms with Crippen LogP contribution in [0.5, 0.6) is 0 Å². The molecule has 0 aliphatic carbocycles. The highest BCUT2D eigenvalue weighted by atomic mass is 16.1. The zero-order valence-electron chi connectivity index (χ0n) is 9.34. The van der Waals surface area contributed by atoms with Gasteiger partial charge in [-0.25, -0.2) is 4.98 Å². The maximum atomic E-state index is 11.6. The van der Waals surface area contributed by atoms with Crippen LogP contribution in [-0.4, -0.2) is 14.6 Å². The number of rotatable bonds is 1. The van der Waals surface area contributed by atoms with Crippen molar-refractivity contribution in [3.8, 4) is 11.4 Å². The van der Waals surface area contributed by atoms with Crippen LogP contribution in [0.25, 0.3) is 17.0 Å². The van der Waals surface area contributed by atoms with Crippen molar-refractivity contribution in [2.24, 2.45) is 0 Å². The maximum Gasteiger partial charge on any atom is 0.271 e. The first-order valence-corrected chi connectivity index (χ1v) is 5.39. The van der Waals surface area contributed by atoms with Crippen LogP contribution in [0.3, 0.4) is 0 Å². The highest BCUT2D eigenvalue weighted by Gasteiger charge is 2.07. The fourth-order valence-electron chi connectivity index (χ4n) is 1.88. The molecule has 0 aliphatic rings. The van der Waals surface area contributed by atoms with Gasteiger partial charge in [0.05, 0.1) is 0 Å². The number of nitrogens with zero attached hydrogens (tertiary/aromatic N) is 2. The average molecular weight is 225 g/mol. The third-order valence-corrected chi connectivity index (χ3v) is 2.78. The predicted molar refractivity (Wildman–Crippen MR) is 66.0 cm³/mol. The lowest BCUT2D eigenvalue weighted by Gasteiger charge is -1.99. The van der Waals surface area contributed by atoms with E-state index in [0.29, 0.717) is 11.5 Å². The number of hydrogen-bond acceptors (Lipinski definition) is 2. The van der Waals surface area contributed by atoms with Gasteiger partial charge >= 0.3 is 0 Å². The van der Waals surface area contributed by atoms with Gasteiger partial charge in [0.25, 0.3) is 5.56 Å². The van der Waals surface area contributed by atoms with Crippen LogP contribution in [0.2, 0.25) is 0 Å². The second kappa shape index (κ2) is 3.59. The van der Waals surface area contributed by atoms with E-state index in [1.54, 1.807) is 12.1 Å². The molecule has 3 rings (SSSR count). The van der Waals surface area contributed by atoms with Crippen molar-refractivity contribution in [3.05, 3.63) is 58.4 Å². The van der Waals surface area contributed by atoms with Gasteiger partial charge in [-0.1, -0.05) is 30.3 Å². The van der Waals surface area contributed by atoms with Gasteiger partial charge in [0.15, 0.2) is 11.5 Å². The molecule has 1 aromatic carbocycles. The van der Waals surface area contributed by atoms with E-state index in [9.17, 15) is 4.79 Å². The number of H-pyrrole nitrogens is 1. The van der Waals surface area contributed by atoms with Crippen LogP contribution in [-0.2, 0) is 0 Å². The van der Waals surface area contributed by atoms with Crippen LogP contribution < -0.4 is 5.56 Å². The van der Waals surface area contributed by atoms with Crippen molar-refractivity contribution >= 4 is 5.65 Å². The van der Waals surface area contributed by atoms with Gasteiger partial charge < -0.3 is 0 Å². The summed E-state index contributed by atoms with van der Waals surface area (Å²) in [5.41, 5.74) is 2.67. The Morgan fingerprint density at radius 3 is 2.71 bits per heavy atom. The van der Waals surface area contributed by atoms with E-state index in [1.807, 2.05) is 31.2 Å². The fraction of sp³-hybridized carbons (Fsp3) is 0.0769. The van der Waals surface area contributed by atoms with Crippen molar-refractivity contribution in [1.29, 1.82) is 0 Å². The van der Waals surface area contributed by atoms with E-state index in [4.69, 9.17) is 0 Å². The molecular formula is C13H11N3O. The Kier molecular flexibility index (Phi) is 2.08. The smallest absolute Gasteiger partial charge is 0.271 e. The summed E-state index contributed by atoms with van der Waals surface area (Å²) in [4.78, 5) is 16.0. The first-order valence-electron chi connectivity index (χ1n) is 5.39. The van der Waals surface area contributed by atoms with Crippen molar-refractivity contribution < 1.29 is 0 Å². The van der Waals surface area contributed by atoms with Gasteiger partial charge in [0, 0.05) is 11.6 Å². The molecule has 4 nitrogen and oxygen atoms in total. The second-order valence-corrected chi connectivity index (χ2v) is 3.94. The van der Waals surface area contributed by atoms with Crippen molar-refractivity contribution in [1.82, 2.24) is 14.6 Å². The molecule has 2 aromatic heterocycles. The summed E-state index contributed by atoms with van der Waals surface area (Å²) >= 11 is 0. The molecule has 0 bridgehead atoms. The van der Waals surface area contributed by atoms with Crippen LogP contribution in [0.4, 0.5) is 0 Å². The molecule has 0 unspecified atom stereocenters. The Labute approximate surface area is 97.5 Å². The molecule has 0 fully saturated rings. The number of aromatic amines is 1. The molecular weight excluding hydrogens is 214 g/mol. The normalized spacial score (nSPS) is 10.9. The first-order chi connectivity index (χ1) is 8.25. The summed E-state index contributed by atoms with van der Waals surface area (Å²) < 4.78 is 1.45. The molecule has 1 N–H and O–H groups in total. The molecule has 0 radical (unpaired) electrons. The Morgan fingerprint density at radius 2 is 1.94 bits per heavy atom. The standard InChI is InChI=1S/C13H11N3O/c1-9-5-2-3-6-10(9)13-14-11-7-4-8-12(17)16(11)15-13/h2-8H,1H3,(H,14,15). The molecule has 0 aliphatic heterocycles. The lowest BCUT2D eigenvalue weighted by atomic mass is 10.1. The molecule has 0 saturated carbocycles. The number of nitrogens with one attached hydrogen (secondary N) is 1. The quantitative estimate of drug-likeness (QED) is 0.688. The van der Waals surface area contributed by atoms with E-state index in [1.165, 1.54) is 10.6 Å². The summed E-state index contributed by atoms with van der Waals surface area (Å²) in [6, 6.07) is 13.0. The second-order valence-electron chi connectivity index (χ2n) is 3.94. The summed E-state index contributed by atoms with van der Waals surface area (Å²) in [6.45, 7) is 2.02. The van der Waals surface area contributed by atoms with Crippen molar-refractivity contribution in [3.63, 3.8) is 0 Å². The monoisotopic (exact) mass is 225 g/mol. The Bertz CT molecular complexity index is 740. The number of benzene rings is 1. The Hall–Kier alpha value is -2.36. The number of hydrogen-bond donors (Lipinski definition) is 1. The number of aromatic nitrogens is 3. The van der Waals surface area contributed by atoms with E-state index in [0.717, 1.165) is 11.1 Å². The molecule has 0 saturated heterocycles. The highest BCUT2D eigenvalue weighted by molar-refractivity contribution is 5.61. The van der Waals surface area contributed by atoms with E-state index < -0.39 is 0 Å². The van der Waals surface area contributed by atoms with E-state index in [2.05, 4.69) is 10.1 Å². The number of fused-ring (bicyclic) bond motifs is 1. The lowest BCUT2D eigenvalue weighted by molar-refractivity contribution is 0.923. The summed E-state index contributed by atoms with van der Waals surface area (Å²) in [5, 5.41) is 3.01. The molecule has 2 heterocycles. The molecule has 4 heteroatoms. The van der Waals surface area contributed by atoms with Crippen molar-refractivity contribution in [2.45, 2.75) is 6.92 Å². The van der Waals surface area contributed by atoms with Gasteiger partial charge in [-0.15, -0.1) is 0 Å². The minimum Gasteiger partial charge on any atom is -0.272 e. The Morgan fingerprint density at radius 1 is 1.12 bits per heavy atom. The molecule has 0 amide bonds. The SMILES string of the molecule is Cc1ccccc1-c1nc2cccc(=O)n2[nH]1. The summed E-state index contributed by atoms with van der Waals surface area (Å²) in [6.07, 6.45) is 0. The molecule has 84 valence electrons. The van der Waals surface area contributed by atoms with Gasteiger partial charge in [0.1, 0.15) is 0 Å². The minimum atomic E-state index is -0.102. The molecule has 0 atom stereocenters. The fourth-order valence-corrected chi connectivity index (χ4v) is 1.88. The van der Waals surface area contributed by atoms with E-state index in [-0.39, 0.29) is 5.56 Å². The molecule has 17 heavy (non-hydrogen) atoms. The predicted octanol–water partition coefficient (Wildman–Crippen LogP) is 2.00. The summed E-state index contributed by atoms with van der Waals surface area (Å²) in [7, 11) is 0. The zero-order valence-corrected chi connectivity index (χ0v) is 9.34. The first kappa shape index (κ1) is 9.84. The van der Waals surface area contributed by atoms with Crippen LogP contribution in [0.1, 0.15) is 5.56 Å². The largest absolute Gasteiger partial charge is 0.272 e. The van der Waals surface area contributed by atoms with Crippen LogP contribution >= 0.6 is 0 Å². The van der Waals surface area contributed by atoms with Gasteiger partial charge in [-0.05, 0) is 18.6 Å².